The number of fused-ring (bicyclic) bond motifs is 1. The average molecular weight is 439 g/mol. The number of benzene rings is 3. The summed E-state index contributed by atoms with van der Waals surface area (Å²) in [5.41, 5.74) is 3.28. The Morgan fingerprint density at radius 1 is 0.900 bits per heavy atom. The summed E-state index contributed by atoms with van der Waals surface area (Å²) in [6.45, 7) is 6.48. The van der Waals surface area contributed by atoms with Gasteiger partial charge in [-0.25, -0.2) is 4.79 Å². The van der Waals surface area contributed by atoms with Crippen LogP contribution < -0.4 is 10.2 Å². The van der Waals surface area contributed by atoms with Crippen LogP contribution in [0.15, 0.2) is 72.8 Å². The number of anilines is 2. The lowest BCUT2D eigenvalue weighted by molar-refractivity contribution is 0.243. The molecule has 0 bridgehead atoms. The maximum Gasteiger partial charge on any atom is 0.326 e. The molecule has 0 saturated heterocycles. The van der Waals surface area contributed by atoms with Crippen molar-refractivity contribution in [3.8, 4) is 0 Å². The Morgan fingerprint density at radius 3 is 2.27 bits per heavy atom. The number of rotatable bonds is 2. The van der Waals surface area contributed by atoms with E-state index in [4.69, 9.17) is 23.2 Å². The summed E-state index contributed by atoms with van der Waals surface area (Å²) in [5.74, 6) is 0. The number of halogens is 2. The Morgan fingerprint density at radius 2 is 1.57 bits per heavy atom. The summed E-state index contributed by atoms with van der Waals surface area (Å²) in [6.07, 6.45) is 0.788. The molecule has 30 heavy (non-hydrogen) atoms. The maximum absolute atomic E-state index is 13.4. The third-order valence-electron chi connectivity index (χ3n) is 5.92. The topological polar surface area (TPSA) is 32.3 Å². The highest BCUT2D eigenvalue weighted by molar-refractivity contribution is 6.42. The highest BCUT2D eigenvalue weighted by atomic mass is 35.5. The molecule has 0 aromatic heterocycles. The van der Waals surface area contributed by atoms with Crippen molar-refractivity contribution in [3.05, 3.63) is 94.0 Å². The van der Waals surface area contributed by atoms with E-state index in [-0.39, 0.29) is 11.4 Å². The Kier molecular flexibility index (Phi) is 5.29. The minimum Gasteiger partial charge on any atom is -0.307 e. The predicted octanol–water partition coefficient (Wildman–Crippen LogP) is 7.52. The lowest BCUT2D eigenvalue weighted by Crippen LogP contribution is -2.57. The molecule has 3 nitrogen and oxygen atoms in total. The number of carbonyl (C=O) groups is 1. The highest BCUT2D eigenvalue weighted by Crippen LogP contribution is 2.50. The summed E-state index contributed by atoms with van der Waals surface area (Å²) in [6, 6.07) is 23.6. The second-order valence-electron chi connectivity index (χ2n) is 8.60. The SMILES string of the molecule is CC1(c2ccccc2)CC(C)(C)N(C(=O)Nc2ccc(Cl)c(Cl)c2)c2ccccc21. The molecule has 0 spiro atoms. The molecule has 1 atom stereocenters. The van der Waals surface area contributed by atoms with Gasteiger partial charge in [0.2, 0.25) is 0 Å². The van der Waals surface area contributed by atoms with Gasteiger partial charge >= 0.3 is 6.03 Å². The third kappa shape index (κ3) is 3.57. The molecule has 154 valence electrons. The van der Waals surface area contributed by atoms with Gasteiger partial charge in [-0.15, -0.1) is 0 Å². The van der Waals surface area contributed by atoms with Gasteiger partial charge in [0.1, 0.15) is 0 Å². The molecule has 1 aliphatic heterocycles. The fourth-order valence-electron chi connectivity index (χ4n) is 4.70. The van der Waals surface area contributed by atoms with E-state index in [0.29, 0.717) is 15.7 Å². The minimum absolute atomic E-state index is 0.194. The largest absolute Gasteiger partial charge is 0.326 e. The van der Waals surface area contributed by atoms with Crippen molar-refractivity contribution < 1.29 is 4.79 Å². The number of nitrogens with zero attached hydrogens (tertiary/aromatic N) is 1. The molecule has 0 radical (unpaired) electrons. The third-order valence-corrected chi connectivity index (χ3v) is 6.65. The van der Waals surface area contributed by atoms with Gasteiger partial charge in [-0.2, -0.15) is 0 Å². The van der Waals surface area contributed by atoms with Gasteiger partial charge in [0.25, 0.3) is 0 Å². The van der Waals surface area contributed by atoms with Crippen LogP contribution in [0.4, 0.5) is 16.2 Å². The Bertz CT molecular complexity index is 1100. The first kappa shape index (κ1) is 20.8. The standard InChI is InChI=1S/C25H24Cl2N2O/c1-24(2)16-25(3,17-9-5-4-6-10-17)19-11-7-8-12-22(19)29(24)23(30)28-18-13-14-20(26)21(27)15-18/h4-15H,16H2,1-3H3,(H,28,30). The van der Waals surface area contributed by atoms with E-state index in [9.17, 15) is 4.79 Å². The summed E-state index contributed by atoms with van der Waals surface area (Å²) in [5, 5.41) is 3.85. The van der Waals surface area contributed by atoms with Crippen LogP contribution in [-0.4, -0.2) is 11.6 Å². The molecule has 1 aliphatic rings. The Hall–Kier alpha value is -2.49. The average Bonchev–Trinajstić information content (AvgIpc) is 2.71. The molecule has 0 fully saturated rings. The molecule has 2 amide bonds. The first-order chi connectivity index (χ1) is 14.2. The number of carbonyl (C=O) groups excluding carboxylic acids is 1. The number of nitrogens with one attached hydrogen (secondary N) is 1. The van der Waals surface area contributed by atoms with E-state index in [1.165, 1.54) is 5.56 Å². The second-order valence-corrected chi connectivity index (χ2v) is 9.41. The van der Waals surface area contributed by atoms with Crippen LogP contribution in [0.3, 0.4) is 0 Å². The van der Waals surface area contributed by atoms with Crippen molar-refractivity contribution in [2.75, 3.05) is 10.2 Å². The van der Waals surface area contributed by atoms with Gasteiger partial charge in [0.05, 0.1) is 15.7 Å². The van der Waals surface area contributed by atoms with E-state index < -0.39 is 5.54 Å². The van der Waals surface area contributed by atoms with Crippen LogP contribution in [0.5, 0.6) is 0 Å². The van der Waals surface area contributed by atoms with Crippen molar-refractivity contribution in [1.82, 2.24) is 0 Å². The first-order valence-electron chi connectivity index (χ1n) is 9.94. The smallest absolute Gasteiger partial charge is 0.307 e. The molecule has 3 aromatic carbocycles. The highest BCUT2D eigenvalue weighted by Gasteiger charge is 2.47. The molecule has 4 rings (SSSR count). The normalized spacial score (nSPS) is 19.8. The van der Waals surface area contributed by atoms with Crippen molar-refractivity contribution in [3.63, 3.8) is 0 Å². The first-order valence-corrected chi connectivity index (χ1v) is 10.7. The minimum atomic E-state index is -0.417. The summed E-state index contributed by atoms with van der Waals surface area (Å²) in [4.78, 5) is 15.3. The fraction of sp³-hybridized carbons (Fsp3) is 0.240. The van der Waals surface area contributed by atoms with Crippen LogP contribution in [0.2, 0.25) is 10.0 Å². The van der Waals surface area contributed by atoms with E-state index in [0.717, 1.165) is 17.7 Å². The number of hydrogen-bond acceptors (Lipinski definition) is 1. The van der Waals surface area contributed by atoms with E-state index >= 15 is 0 Å². The monoisotopic (exact) mass is 438 g/mol. The molecular weight excluding hydrogens is 415 g/mol. The predicted molar refractivity (Wildman–Crippen MR) is 126 cm³/mol. The molecule has 0 saturated carbocycles. The van der Waals surface area contributed by atoms with Crippen molar-refractivity contribution in [2.24, 2.45) is 0 Å². The Balaban J connectivity index is 1.77. The molecule has 0 aliphatic carbocycles. The second kappa shape index (κ2) is 7.64. The molecule has 1 heterocycles. The van der Waals surface area contributed by atoms with Gasteiger partial charge in [0, 0.05) is 16.6 Å². The summed E-state index contributed by atoms with van der Waals surface area (Å²) in [7, 11) is 0. The summed E-state index contributed by atoms with van der Waals surface area (Å²) < 4.78 is 0. The lowest BCUT2D eigenvalue weighted by Gasteiger charge is -2.51. The van der Waals surface area contributed by atoms with Crippen molar-refractivity contribution in [2.45, 2.75) is 38.1 Å². The number of amides is 2. The quantitative estimate of drug-likeness (QED) is 0.440. The molecule has 1 N–H and O–H groups in total. The van der Waals surface area contributed by atoms with Crippen LogP contribution in [0, 0.1) is 0 Å². The number of urea groups is 1. The van der Waals surface area contributed by atoms with Crippen LogP contribution >= 0.6 is 23.2 Å². The van der Waals surface area contributed by atoms with Crippen molar-refractivity contribution in [1.29, 1.82) is 0 Å². The van der Waals surface area contributed by atoms with E-state index in [1.54, 1.807) is 18.2 Å². The zero-order valence-corrected chi connectivity index (χ0v) is 18.8. The van der Waals surface area contributed by atoms with Gasteiger partial charge in [-0.05, 0) is 55.7 Å². The molecular formula is C25H24Cl2N2O. The molecule has 3 aromatic rings. The number of hydrogen-bond donors (Lipinski definition) is 1. The Labute approximate surface area is 187 Å². The lowest BCUT2D eigenvalue weighted by atomic mass is 9.65. The molecule has 1 unspecified atom stereocenters. The van der Waals surface area contributed by atoms with Gasteiger partial charge in [-0.1, -0.05) is 78.7 Å². The summed E-state index contributed by atoms with van der Waals surface area (Å²) >= 11 is 12.1. The van der Waals surface area contributed by atoms with E-state index in [1.807, 2.05) is 29.2 Å². The van der Waals surface area contributed by atoms with Crippen molar-refractivity contribution >= 4 is 40.6 Å². The van der Waals surface area contributed by atoms with Gasteiger partial charge in [0.15, 0.2) is 0 Å². The van der Waals surface area contributed by atoms with Crippen LogP contribution in [0.1, 0.15) is 38.3 Å². The van der Waals surface area contributed by atoms with Gasteiger partial charge in [-0.3, -0.25) is 4.90 Å². The van der Waals surface area contributed by atoms with Crippen LogP contribution in [0.25, 0.3) is 0 Å². The fourth-order valence-corrected chi connectivity index (χ4v) is 5.00. The van der Waals surface area contributed by atoms with Crippen LogP contribution in [-0.2, 0) is 5.41 Å². The zero-order chi connectivity index (χ0) is 21.5. The zero-order valence-electron chi connectivity index (χ0n) is 17.2. The molecule has 5 heteroatoms. The number of para-hydroxylation sites is 1. The van der Waals surface area contributed by atoms with E-state index in [2.05, 4.69) is 56.4 Å². The maximum atomic E-state index is 13.4. The van der Waals surface area contributed by atoms with Gasteiger partial charge < -0.3 is 5.32 Å².